The Morgan fingerprint density at radius 2 is 1.67 bits per heavy atom. The first kappa shape index (κ1) is 8.15. The Labute approximate surface area is 55.6 Å². The molecule has 7 heteroatoms. The summed E-state index contributed by atoms with van der Waals surface area (Å²) in [4.78, 5) is 17.4. The van der Waals surface area contributed by atoms with Crippen LogP contribution in [0.15, 0.2) is 0 Å². The topological polar surface area (TPSA) is 86.3 Å². The van der Waals surface area contributed by atoms with Crippen LogP contribution in [0.3, 0.4) is 0 Å². The van der Waals surface area contributed by atoms with E-state index in [1.54, 1.807) is 0 Å². The SMILES string of the molecule is O=[N+]([O-])C(CS)[N+](=O)[O-]. The molecule has 0 spiro atoms. The summed E-state index contributed by atoms with van der Waals surface area (Å²) >= 11 is 3.41. The average Bonchev–Trinajstić information content (AvgIpc) is 1.64. The molecular weight excluding hydrogens is 148 g/mol. The van der Waals surface area contributed by atoms with Crippen LogP contribution < -0.4 is 0 Å². The lowest BCUT2D eigenvalue weighted by atomic mass is 10.6. The summed E-state index contributed by atoms with van der Waals surface area (Å²) in [6, 6.07) is 0. The molecule has 0 aliphatic carbocycles. The molecule has 0 radical (unpaired) electrons. The summed E-state index contributed by atoms with van der Waals surface area (Å²) in [7, 11) is 0. The summed E-state index contributed by atoms with van der Waals surface area (Å²) in [6.07, 6.45) is -1.77. The van der Waals surface area contributed by atoms with E-state index in [1.807, 2.05) is 0 Å². The first-order valence-corrected chi connectivity index (χ1v) is 2.60. The Balaban J connectivity index is 3.99. The molecular formula is C2H4N2O4S. The summed E-state index contributed by atoms with van der Waals surface area (Å²) in [5, 5.41) is 19.4. The lowest BCUT2D eigenvalue weighted by Crippen LogP contribution is -2.30. The maximum atomic E-state index is 9.69. The molecule has 52 valence electrons. The van der Waals surface area contributed by atoms with E-state index in [2.05, 4.69) is 12.6 Å². The minimum atomic E-state index is -1.77. The van der Waals surface area contributed by atoms with Crippen molar-refractivity contribution in [3.63, 3.8) is 0 Å². The van der Waals surface area contributed by atoms with Crippen molar-refractivity contribution in [2.24, 2.45) is 0 Å². The van der Waals surface area contributed by atoms with Crippen molar-refractivity contribution in [1.29, 1.82) is 0 Å². The lowest BCUT2D eigenvalue weighted by Gasteiger charge is -1.94. The Kier molecular flexibility index (Phi) is 2.93. The van der Waals surface area contributed by atoms with Crippen molar-refractivity contribution >= 4 is 12.6 Å². The molecule has 0 N–H and O–H groups in total. The standard InChI is InChI=1S/C2H4N2O4S/c5-3(6)2(1-9)4(7)8/h2,9H,1H2. The van der Waals surface area contributed by atoms with Crippen LogP contribution in [0.25, 0.3) is 0 Å². The van der Waals surface area contributed by atoms with Crippen LogP contribution in [0, 0.1) is 20.2 Å². The van der Waals surface area contributed by atoms with Gasteiger partial charge >= 0.3 is 6.17 Å². The number of hydrogen-bond acceptors (Lipinski definition) is 5. The molecule has 0 aromatic carbocycles. The van der Waals surface area contributed by atoms with Crippen LogP contribution >= 0.6 is 12.6 Å². The third-order valence-corrected chi connectivity index (χ3v) is 0.977. The van der Waals surface area contributed by atoms with E-state index in [0.29, 0.717) is 0 Å². The second-order valence-corrected chi connectivity index (χ2v) is 1.60. The van der Waals surface area contributed by atoms with Gasteiger partial charge in [0.05, 0.1) is 9.85 Å². The van der Waals surface area contributed by atoms with Gasteiger partial charge in [-0.15, -0.1) is 0 Å². The Morgan fingerprint density at radius 1 is 1.33 bits per heavy atom. The van der Waals surface area contributed by atoms with E-state index in [9.17, 15) is 20.2 Å². The fourth-order valence-electron chi connectivity index (χ4n) is 0.210. The minimum Gasteiger partial charge on any atom is -0.259 e. The molecule has 0 unspecified atom stereocenters. The van der Waals surface area contributed by atoms with Crippen molar-refractivity contribution in [3.8, 4) is 0 Å². The summed E-state index contributed by atoms with van der Waals surface area (Å²) < 4.78 is 0. The molecule has 0 heterocycles. The molecule has 0 saturated carbocycles. The van der Waals surface area contributed by atoms with E-state index in [-0.39, 0.29) is 5.75 Å². The predicted molar refractivity (Wildman–Crippen MR) is 31.6 cm³/mol. The molecule has 0 aromatic heterocycles. The number of nitro groups is 2. The molecule has 0 rings (SSSR count). The molecule has 0 fully saturated rings. The molecule has 9 heavy (non-hydrogen) atoms. The van der Waals surface area contributed by atoms with Gasteiger partial charge in [-0.25, -0.2) is 0 Å². The highest BCUT2D eigenvalue weighted by atomic mass is 32.1. The first-order valence-electron chi connectivity index (χ1n) is 1.97. The third-order valence-electron chi connectivity index (χ3n) is 0.650. The largest absolute Gasteiger partial charge is 0.459 e. The fraction of sp³-hybridized carbons (Fsp3) is 1.00. The number of nitrogens with zero attached hydrogens (tertiary/aromatic N) is 2. The lowest BCUT2D eigenvalue weighted by molar-refractivity contribution is -0.735. The summed E-state index contributed by atoms with van der Waals surface area (Å²) in [5.41, 5.74) is 0. The highest BCUT2D eigenvalue weighted by Crippen LogP contribution is 1.92. The molecule has 0 bridgehead atoms. The van der Waals surface area contributed by atoms with Crippen LogP contribution in [0.4, 0.5) is 0 Å². The summed E-state index contributed by atoms with van der Waals surface area (Å²) in [6.45, 7) is 0. The highest BCUT2D eigenvalue weighted by Gasteiger charge is 2.29. The zero-order valence-corrected chi connectivity index (χ0v) is 5.15. The average molecular weight is 152 g/mol. The van der Waals surface area contributed by atoms with Gasteiger partial charge in [0.15, 0.2) is 0 Å². The smallest absolute Gasteiger partial charge is 0.259 e. The van der Waals surface area contributed by atoms with Gasteiger partial charge in [-0.2, -0.15) is 12.6 Å². The van der Waals surface area contributed by atoms with Crippen molar-refractivity contribution in [1.82, 2.24) is 0 Å². The van der Waals surface area contributed by atoms with Crippen molar-refractivity contribution in [3.05, 3.63) is 20.2 Å². The third kappa shape index (κ3) is 2.27. The Hall–Kier alpha value is -0.850. The fourth-order valence-corrected chi connectivity index (χ4v) is 0.477. The van der Waals surface area contributed by atoms with E-state index in [0.717, 1.165) is 0 Å². The Bertz CT molecular complexity index is 123. The molecule has 0 aliphatic heterocycles. The van der Waals surface area contributed by atoms with Crippen molar-refractivity contribution in [2.75, 3.05) is 5.75 Å². The molecule has 0 atom stereocenters. The number of thiol groups is 1. The van der Waals surface area contributed by atoms with Crippen LogP contribution in [0.2, 0.25) is 0 Å². The molecule has 0 amide bonds. The van der Waals surface area contributed by atoms with Gasteiger partial charge in [0.2, 0.25) is 0 Å². The van der Waals surface area contributed by atoms with Gasteiger partial charge in [-0.05, 0) is 0 Å². The molecule has 6 nitrogen and oxygen atoms in total. The molecule has 0 aromatic rings. The zero-order chi connectivity index (χ0) is 7.44. The van der Waals surface area contributed by atoms with Gasteiger partial charge in [0.25, 0.3) is 0 Å². The van der Waals surface area contributed by atoms with Crippen LogP contribution in [0.1, 0.15) is 0 Å². The second-order valence-electron chi connectivity index (χ2n) is 1.23. The molecule has 0 saturated heterocycles. The zero-order valence-electron chi connectivity index (χ0n) is 4.26. The normalized spacial score (nSPS) is 9.56. The van der Waals surface area contributed by atoms with Gasteiger partial charge < -0.3 is 0 Å². The van der Waals surface area contributed by atoms with Crippen LogP contribution in [0.5, 0.6) is 0 Å². The van der Waals surface area contributed by atoms with Crippen molar-refractivity contribution < 1.29 is 9.85 Å². The number of rotatable bonds is 3. The van der Waals surface area contributed by atoms with E-state index in [4.69, 9.17) is 0 Å². The maximum absolute atomic E-state index is 9.69. The van der Waals surface area contributed by atoms with Gasteiger partial charge in [0, 0.05) is 0 Å². The molecule has 0 aliphatic rings. The Morgan fingerprint density at radius 3 is 1.67 bits per heavy atom. The van der Waals surface area contributed by atoms with E-state index >= 15 is 0 Å². The minimum absolute atomic E-state index is 0.375. The monoisotopic (exact) mass is 152 g/mol. The maximum Gasteiger partial charge on any atom is 0.459 e. The second kappa shape index (κ2) is 3.23. The van der Waals surface area contributed by atoms with E-state index < -0.39 is 16.0 Å². The van der Waals surface area contributed by atoms with E-state index in [1.165, 1.54) is 0 Å². The summed E-state index contributed by atoms with van der Waals surface area (Å²) in [5.74, 6) is -0.375. The first-order chi connectivity index (χ1) is 4.09. The van der Waals surface area contributed by atoms with Gasteiger partial charge in [-0.3, -0.25) is 20.2 Å². The van der Waals surface area contributed by atoms with Crippen LogP contribution in [-0.2, 0) is 0 Å². The van der Waals surface area contributed by atoms with Gasteiger partial charge in [0.1, 0.15) is 5.75 Å². The highest BCUT2D eigenvalue weighted by molar-refractivity contribution is 7.80. The van der Waals surface area contributed by atoms with Crippen molar-refractivity contribution in [2.45, 2.75) is 6.17 Å². The van der Waals surface area contributed by atoms with Gasteiger partial charge in [-0.1, -0.05) is 0 Å². The number of hydrogen-bond donors (Lipinski definition) is 1. The predicted octanol–water partition coefficient (Wildman–Crippen LogP) is -0.204. The quantitative estimate of drug-likeness (QED) is 0.262. The van der Waals surface area contributed by atoms with Crippen LogP contribution in [-0.4, -0.2) is 21.8 Å².